The van der Waals surface area contributed by atoms with E-state index in [0.717, 1.165) is 33.8 Å². The average Bonchev–Trinajstić information content (AvgIpc) is 2.60. The zero-order chi connectivity index (χ0) is 19.0. The van der Waals surface area contributed by atoms with Crippen molar-refractivity contribution in [1.29, 1.82) is 5.41 Å². The zero-order valence-corrected chi connectivity index (χ0v) is 16.8. The largest absolute Gasteiger partial charge is 0.497 e. The van der Waals surface area contributed by atoms with Crippen molar-refractivity contribution in [3.8, 4) is 11.5 Å². The van der Waals surface area contributed by atoms with E-state index in [9.17, 15) is 0 Å². The van der Waals surface area contributed by atoms with Gasteiger partial charge in [-0.25, -0.2) is 0 Å². The van der Waals surface area contributed by atoms with Crippen molar-refractivity contribution < 1.29 is 9.47 Å². The van der Waals surface area contributed by atoms with Gasteiger partial charge in [-0.2, -0.15) is 0 Å². The van der Waals surface area contributed by atoms with E-state index in [1.54, 1.807) is 14.2 Å². The SMILES string of the molecule is COc1cc(C)cc(C(=N)SC)c1.COc1cc(C)cc(C(N)=S)c1. The van der Waals surface area contributed by atoms with Crippen molar-refractivity contribution in [2.45, 2.75) is 13.8 Å². The topological polar surface area (TPSA) is 68.3 Å². The van der Waals surface area contributed by atoms with Crippen LogP contribution in [-0.4, -0.2) is 30.5 Å². The molecule has 0 aliphatic carbocycles. The maximum absolute atomic E-state index is 7.65. The van der Waals surface area contributed by atoms with Gasteiger partial charge in [0.2, 0.25) is 0 Å². The Kier molecular flexibility index (Phi) is 8.45. The summed E-state index contributed by atoms with van der Waals surface area (Å²) in [5, 5.41) is 8.23. The minimum absolute atomic E-state index is 0.400. The Labute approximate surface area is 159 Å². The number of thiocarbonyl (C=S) groups is 1. The normalized spacial score (nSPS) is 9.64. The molecule has 2 aromatic rings. The Morgan fingerprint density at radius 2 is 1.36 bits per heavy atom. The summed E-state index contributed by atoms with van der Waals surface area (Å²) < 4.78 is 10.2. The van der Waals surface area contributed by atoms with Crippen LogP contribution in [0.4, 0.5) is 0 Å². The molecule has 0 radical (unpaired) electrons. The lowest BCUT2D eigenvalue weighted by molar-refractivity contribution is 0.414. The van der Waals surface area contributed by atoms with Gasteiger partial charge in [0, 0.05) is 11.1 Å². The molecular weight excluding hydrogens is 352 g/mol. The second-order valence-corrected chi connectivity index (χ2v) is 6.63. The standard InChI is InChI=1S/C10H13NOS.C9H11NOS/c1-7-4-8(10(11)13-3)6-9(5-7)12-2;1-6-3-7(9(10)12)5-8(4-6)11-2/h4-6,11H,1-3H3;3-5H,1-2H3,(H2,10,12). The van der Waals surface area contributed by atoms with Gasteiger partial charge < -0.3 is 15.2 Å². The molecule has 4 nitrogen and oxygen atoms in total. The van der Waals surface area contributed by atoms with Crippen molar-refractivity contribution in [2.75, 3.05) is 20.5 Å². The van der Waals surface area contributed by atoms with Gasteiger partial charge in [-0.15, -0.1) is 11.8 Å². The van der Waals surface area contributed by atoms with E-state index in [2.05, 4.69) is 0 Å². The fraction of sp³-hybridized carbons (Fsp3) is 0.263. The number of thioether (sulfide) groups is 1. The smallest absolute Gasteiger partial charge is 0.119 e. The van der Waals surface area contributed by atoms with Crippen LogP contribution in [0, 0.1) is 19.3 Å². The molecule has 0 aliphatic heterocycles. The van der Waals surface area contributed by atoms with Crippen LogP contribution >= 0.6 is 24.0 Å². The zero-order valence-electron chi connectivity index (χ0n) is 15.2. The summed E-state index contributed by atoms with van der Waals surface area (Å²) in [5.74, 6) is 1.60. The minimum Gasteiger partial charge on any atom is -0.497 e. The lowest BCUT2D eigenvalue weighted by Crippen LogP contribution is -2.09. The summed E-state index contributed by atoms with van der Waals surface area (Å²) in [7, 11) is 3.26. The highest BCUT2D eigenvalue weighted by Gasteiger charge is 2.02. The molecule has 0 amide bonds. The van der Waals surface area contributed by atoms with Crippen molar-refractivity contribution in [3.05, 3.63) is 58.7 Å². The Hall–Kier alpha value is -2.05. The van der Waals surface area contributed by atoms with Gasteiger partial charge in [0.25, 0.3) is 0 Å². The third-order valence-electron chi connectivity index (χ3n) is 3.32. The van der Waals surface area contributed by atoms with Crippen LogP contribution in [0.5, 0.6) is 11.5 Å². The molecule has 0 fully saturated rings. The minimum atomic E-state index is 0.400. The van der Waals surface area contributed by atoms with Crippen LogP contribution < -0.4 is 15.2 Å². The highest BCUT2D eigenvalue weighted by atomic mass is 32.2. The van der Waals surface area contributed by atoms with Gasteiger partial charge in [0.15, 0.2) is 0 Å². The summed E-state index contributed by atoms with van der Waals surface area (Å²) in [6, 6.07) is 11.5. The van der Waals surface area contributed by atoms with E-state index in [0.29, 0.717) is 10.0 Å². The third-order valence-corrected chi connectivity index (χ3v) is 4.20. The molecule has 2 aromatic carbocycles. The highest BCUT2D eigenvalue weighted by molar-refractivity contribution is 8.13. The first-order valence-electron chi connectivity index (χ1n) is 7.54. The van der Waals surface area contributed by atoms with Crippen LogP contribution in [0.25, 0.3) is 0 Å². The molecule has 0 heterocycles. The molecule has 3 N–H and O–H groups in total. The molecule has 2 rings (SSSR count). The number of ether oxygens (including phenoxy) is 2. The third kappa shape index (κ3) is 6.76. The molecule has 0 bridgehead atoms. The van der Waals surface area contributed by atoms with E-state index < -0.39 is 0 Å². The van der Waals surface area contributed by atoms with Crippen LogP contribution in [0.3, 0.4) is 0 Å². The second-order valence-electron chi connectivity index (χ2n) is 5.38. The quantitative estimate of drug-likeness (QED) is 0.472. The summed E-state index contributed by atoms with van der Waals surface area (Å²) in [6.07, 6.45) is 1.90. The number of hydrogen-bond acceptors (Lipinski definition) is 5. The maximum atomic E-state index is 7.65. The molecule has 0 aliphatic rings. The van der Waals surface area contributed by atoms with Crippen molar-refractivity contribution in [2.24, 2.45) is 5.73 Å². The lowest BCUT2D eigenvalue weighted by atomic mass is 10.1. The highest BCUT2D eigenvalue weighted by Crippen LogP contribution is 2.19. The number of aryl methyl sites for hydroxylation is 2. The predicted molar refractivity (Wildman–Crippen MR) is 112 cm³/mol. The molecule has 25 heavy (non-hydrogen) atoms. The van der Waals surface area contributed by atoms with Crippen molar-refractivity contribution in [1.82, 2.24) is 0 Å². The number of hydrogen-bond donors (Lipinski definition) is 2. The van der Waals surface area contributed by atoms with Gasteiger partial charge in [-0.3, -0.25) is 5.41 Å². The van der Waals surface area contributed by atoms with Gasteiger partial charge in [-0.05, 0) is 67.6 Å². The molecule has 6 heteroatoms. The summed E-state index contributed by atoms with van der Waals surface area (Å²) in [4.78, 5) is 0.400. The van der Waals surface area contributed by atoms with E-state index in [4.69, 9.17) is 32.8 Å². The first-order chi connectivity index (χ1) is 11.8. The first kappa shape index (κ1) is 21.0. The van der Waals surface area contributed by atoms with Gasteiger partial charge in [0.05, 0.1) is 19.3 Å². The maximum Gasteiger partial charge on any atom is 0.119 e. The molecular formula is C19H24N2O2S2. The Balaban J connectivity index is 0.000000251. The average molecular weight is 377 g/mol. The Morgan fingerprint density at radius 1 is 0.920 bits per heavy atom. The second kappa shape index (κ2) is 10.1. The monoisotopic (exact) mass is 376 g/mol. The van der Waals surface area contributed by atoms with E-state index in [1.165, 1.54) is 11.8 Å². The first-order valence-corrected chi connectivity index (χ1v) is 9.18. The number of rotatable bonds is 4. The van der Waals surface area contributed by atoms with Crippen LogP contribution in [0.1, 0.15) is 22.3 Å². The van der Waals surface area contributed by atoms with E-state index in [1.807, 2.05) is 56.5 Å². The van der Waals surface area contributed by atoms with Crippen LogP contribution in [-0.2, 0) is 0 Å². The number of benzene rings is 2. The summed E-state index contributed by atoms with van der Waals surface area (Å²) in [6.45, 7) is 3.98. The fourth-order valence-electron chi connectivity index (χ4n) is 2.12. The molecule has 0 spiro atoms. The molecule has 0 saturated carbocycles. The van der Waals surface area contributed by atoms with Crippen molar-refractivity contribution in [3.63, 3.8) is 0 Å². The molecule has 0 atom stereocenters. The van der Waals surface area contributed by atoms with Gasteiger partial charge in [0.1, 0.15) is 16.5 Å². The molecule has 0 saturated heterocycles. The van der Waals surface area contributed by atoms with Gasteiger partial charge in [-0.1, -0.05) is 12.2 Å². The number of nitrogens with one attached hydrogen (secondary N) is 1. The van der Waals surface area contributed by atoms with Crippen LogP contribution in [0.2, 0.25) is 0 Å². The number of nitrogens with two attached hydrogens (primary N) is 1. The molecule has 0 unspecified atom stereocenters. The summed E-state index contributed by atoms with van der Waals surface area (Å²) in [5.41, 5.74) is 9.46. The van der Waals surface area contributed by atoms with Crippen LogP contribution in [0.15, 0.2) is 36.4 Å². The molecule has 134 valence electrons. The van der Waals surface area contributed by atoms with Crippen molar-refractivity contribution >= 4 is 34.0 Å². The van der Waals surface area contributed by atoms with E-state index in [-0.39, 0.29) is 0 Å². The Morgan fingerprint density at radius 3 is 1.76 bits per heavy atom. The van der Waals surface area contributed by atoms with E-state index >= 15 is 0 Å². The lowest BCUT2D eigenvalue weighted by Gasteiger charge is -2.05. The predicted octanol–water partition coefficient (Wildman–Crippen LogP) is 4.33. The molecule has 0 aromatic heterocycles. The summed E-state index contributed by atoms with van der Waals surface area (Å²) >= 11 is 6.28. The fourth-order valence-corrected chi connectivity index (χ4v) is 2.59. The number of methoxy groups -OCH3 is 2. The van der Waals surface area contributed by atoms with Gasteiger partial charge >= 0.3 is 0 Å². The Bertz CT molecular complexity index is 761.